The lowest BCUT2D eigenvalue weighted by Gasteiger charge is -2.48. The summed E-state index contributed by atoms with van der Waals surface area (Å²) in [6.07, 6.45) is 3.54. The molecule has 2 aliphatic rings. The lowest BCUT2D eigenvalue weighted by atomic mass is 9.74. The summed E-state index contributed by atoms with van der Waals surface area (Å²) in [6, 6.07) is 36.7. The molecule has 4 aromatic carbocycles. The maximum absolute atomic E-state index is 15.5. The molecule has 2 aliphatic carbocycles. The van der Waals surface area contributed by atoms with Gasteiger partial charge in [-0.2, -0.15) is 0 Å². The fourth-order valence-electron chi connectivity index (χ4n) is 9.17. The van der Waals surface area contributed by atoms with E-state index in [0.29, 0.717) is 19.6 Å². The molecule has 2 bridgehead atoms. The lowest BCUT2D eigenvalue weighted by Crippen LogP contribution is -2.59. The molecule has 9 nitrogen and oxygen atoms in total. The molecule has 1 saturated carbocycles. The van der Waals surface area contributed by atoms with Gasteiger partial charge in [0, 0.05) is 42.1 Å². The maximum atomic E-state index is 15.5. The summed E-state index contributed by atoms with van der Waals surface area (Å²) in [5, 5.41) is -0.245. The minimum Gasteiger partial charge on any atom is -0.497 e. The van der Waals surface area contributed by atoms with Crippen LogP contribution >= 0.6 is 11.8 Å². The number of hydrogen-bond acceptors (Lipinski definition) is 10. The number of carbonyl (C=O) groups is 1. The van der Waals surface area contributed by atoms with E-state index in [1.54, 1.807) is 33.1 Å². The molecule has 0 heterocycles. The summed E-state index contributed by atoms with van der Waals surface area (Å²) in [4.78, 5) is 16.6. The Morgan fingerprint density at radius 1 is 0.773 bits per heavy atom. The van der Waals surface area contributed by atoms with Crippen molar-refractivity contribution in [1.82, 2.24) is 0 Å². The van der Waals surface area contributed by atoms with Gasteiger partial charge in [-0.05, 0) is 95.9 Å². The number of fused-ring (bicyclic) bond motifs is 2. The van der Waals surface area contributed by atoms with Crippen molar-refractivity contribution in [2.24, 2.45) is 17.3 Å². The normalized spacial score (nSPS) is 22.0. The molecule has 0 unspecified atom stereocenters. The van der Waals surface area contributed by atoms with E-state index >= 15 is 4.79 Å². The number of allylic oxidation sites excluding steroid dienone is 1. The zero-order valence-electron chi connectivity index (χ0n) is 41.0. The highest BCUT2D eigenvalue weighted by molar-refractivity contribution is 8.00. The Balaban J connectivity index is 1.57. The number of Topliss-reactive ketones (excluding diaryl/α,β-unsaturated/α-hetero) is 1. The number of ether oxygens (including phenoxy) is 7. The number of hydrogen-bond donors (Lipinski definition) is 0. The van der Waals surface area contributed by atoms with Crippen LogP contribution in [-0.2, 0) is 52.7 Å². The topological polar surface area (TPSA) is 90.9 Å². The molecule has 0 aliphatic heterocycles. The number of thioether (sulfide) groups is 1. The largest absolute Gasteiger partial charge is 0.497 e. The summed E-state index contributed by atoms with van der Waals surface area (Å²) < 4.78 is 52.0. The fourth-order valence-corrected chi connectivity index (χ4v) is 11.6. The Labute approximate surface area is 400 Å². The van der Waals surface area contributed by atoms with Crippen molar-refractivity contribution < 1.29 is 42.4 Å². The summed E-state index contributed by atoms with van der Waals surface area (Å²) >= 11 is 1.78. The highest BCUT2D eigenvalue weighted by Crippen LogP contribution is 2.54. The first kappa shape index (κ1) is 51.6. The van der Waals surface area contributed by atoms with Crippen LogP contribution in [0.25, 0.3) is 0 Å². The van der Waals surface area contributed by atoms with Crippen molar-refractivity contribution in [2.75, 3.05) is 41.3 Å². The summed E-state index contributed by atoms with van der Waals surface area (Å²) in [5.41, 5.74) is 2.77. The molecule has 0 N–H and O–H groups in total. The minimum atomic E-state index is -2.21. The van der Waals surface area contributed by atoms with Gasteiger partial charge in [-0.15, -0.1) is 11.8 Å². The van der Waals surface area contributed by atoms with Crippen molar-refractivity contribution in [3.8, 4) is 11.5 Å². The van der Waals surface area contributed by atoms with Gasteiger partial charge in [0.1, 0.15) is 30.0 Å². The van der Waals surface area contributed by atoms with Crippen LogP contribution in [0.3, 0.4) is 0 Å². The lowest BCUT2D eigenvalue weighted by molar-refractivity contribution is -0.217. The average molecular weight is 939 g/mol. The predicted octanol–water partition coefficient (Wildman–Crippen LogP) is 12.3. The first-order valence-corrected chi connectivity index (χ1v) is 27.2. The van der Waals surface area contributed by atoms with Gasteiger partial charge in [0.05, 0.1) is 46.8 Å². The number of rotatable bonds is 23. The Kier molecular flexibility index (Phi) is 18.4. The second kappa shape index (κ2) is 23.5. The molecule has 6 atom stereocenters. The molecular formula is C55H74O9SSi. The van der Waals surface area contributed by atoms with Crippen molar-refractivity contribution in [3.05, 3.63) is 138 Å². The van der Waals surface area contributed by atoms with Crippen LogP contribution in [0.2, 0.25) is 18.1 Å². The average Bonchev–Trinajstić information content (AvgIpc) is 3.61. The number of carbonyl (C=O) groups excluding carboxylic acids is 1. The summed E-state index contributed by atoms with van der Waals surface area (Å²) in [7, 11) is 2.74. The SMILES string of the molecule is COCO[C@H]1C(=O)C[C@@H]([C@@](COCc2ccc(OC)cc2)(OCc2ccccc2)[C@@H](CCO[Si](C)(C)C(C)(C)C)OCc2ccc(OC)cc2)[C@H](Sc2ccccc2)/C=C2\CC[C@H]1C2(C)C. The van der Waals surface area contributed by atoms with E-state index in [9.17, 15) is 0 Å². The molecule has 0 radical (unpaired) electrons. The third-order valence-corrected chi connectivity index (χ3v) is 20.1. The van der Waals surface area contributed by atoms with E-state index in [0.717, 1.165) is 45.9 Å². The molecule has 66 heavy (non-hydrogen) atoms. The van der Waals surface area contributed by atoms with E-state index in [2.05, 4.69) is 90.2 Å². The van der Waals surface area contributed by atoms with Crippen LogP contribution in [0.5, 0.6) is 11.5 Å². The minimum absolute atomic E-state index is 0.00797. The highest BCUT2D eigenvalue weighted by Gasteiger charge is 2.55. The van der Waals surface area contributed by atoms with Gasteiger partial charge in [-0.3, -0.25) is 4.79 Å². The van der Waals surface area contributed by atoms with Crippen LogP contribution in [0.4, 0.5) is 0 Å². The third kappa shape index (κ3) is 13.0. The van der Waals surface area contributed by atoms with E-state index in [-0.39, 0.29) is 60.4 Å². The Hall–Kier alpha value is -3.78. The van der Waals surface area contributed by atoms with Gasteiger partial charge in [0.15, 0.2) is 14.1 Å². The molecular weight excluding hydrogens is 865 g/mol. The zero-order chi connectivity index (χ0) is 47.4. The van der Waals surface area contributed by atoms with Gasteiger partial charge in [-0.25, -0.2) is 0 Å². The predicted molar refractivity (Wildman–Crippen MR) is 266 cm³/mol. The molecule has 0 aromatic heterocycles. The second-order valence-corrected chi connectivity index (χ2v) is 25.9. The van der Waals surface area contributed by atoms with Crippen molar-refractivity contribution in [3.63, 3.8) is 0 Å². The van der Waals surface area contributed by atoms with E-state index < -0.39 is 32.0 Å². The molecule has 0 amide bonds. The smallest absolute Gasteiger partial charge is 0.191 e. The molecule has 1 fully saturated rings. The number of ketones is 1. The zero-order valence-corrected chi connectivity index (χ0v) is 42.8. The molecule has 0 spiro atoms. The Morgan fingerprint density at radius 2 is 1.36 bits per heavy atom. The number of methoxy groups -OCH3 is 3. The van der Waals surface area contributed by atoms with Crippen LogP contribution in [-0.4, -0.2) is 78.5 Å². The first-order chi connectivity index (χ1) is 31.6. The van der Waals surface area contributed by atoms with Crippen molar-refractivity contribution in [1.29, 1.82) is 0 Å². The highest BCUT2D eigenvalue weighted by atomic mass is 32.2. The second-order valence-electron chi connectivity index (χ2n) is 19.8. The van der Waals surface area contributed by atoms with Gasteiger partial charge < -0.3 is 37.6 Å². The fraction of sp³-hybridized carbons (Fsp3) is 0.509. The number of benzene rings is 4. The third-order valence-electron chi connectivity index (χ3n) is 14.3. The summed E-state index contributed by atoms with van der Waals surface area (Å²) in [6.45, 7) is 17.3. The maximum Gasteiger partial charge on any atom is 0.191 e. The van der Waals surface area contributed by atoms with Crippen LogP contribution in [0, 0.1) is 17.3 Å². The molecule has 11 heteroatoms. The molecule has 6 rings (SSSR count). The van der Waals surface area contributed by atoms with Gasteiger partial charge in [0.2, 0.25) is 0 Å². The molecule has 358 valence electrons. The Morgan fingerprint density at radius 3 is 1.95 bits per heavy atom. The summed E-state index contributed by atoms with van der Waals surface area (Å²) in [5.74, 6) is 1.07. The van der Waals surface area contributed by atoms with Crippen LogP contribution < -0.4 is 9.47 Å². The van der Waals surface area contributed by atoms with Crippen LogP contribution in [0.15, 0.2) is 126 Å². The van der Waals surface area contributed by atoms with Crippen molar-refractivity contribution >= 4 is 25.9 Å². The van der Waals surface area contributed by atoms with E-state index in [4.69, 9.17) is 37.6 Å². The van der Waals surface area contributed by atoms with Gasteiger partial charge in [-0.1, -0.05) is 119 Å². The monoisotopic (exact) mass is 938 g/mol. The van der Waals surface area contributed by atoms with E-state index in [1.807, 2.05) is 72.8 Å². The Bertz CT molecular complexity index is 2120. The first-order valence-electron chi connectivity index (χ1n) is 23.4. The quantitative estimate of drug-likeness (QED) is 0.0407. The van der Waals surface area contributed by atoms with Gasteiger partial charge >= 0.3 is 0 Å². The van der Waals surface area contributed by atoms with E-state index in [1.165, 1.54) is 5.57 Å². The van der Waals surface area contributed by atoms with Gasteiger partial charge in [0.25, 0.3) is 0 Å². The van der Waals surface area contributed by atoms with Crippen LogP contribution in [0.1, 0.15) is 77.0 Å². The molecule has 4 aromatic rings. The molecule has 0 saturated heterocycles. The standard InChI is InChI=1S/C55H74O9SSi/c1-53(2,3)66(9,10)64-32-31-51(61-36-42-23-28-45(59-8)29-24-42)55(63-37-40-17-13-11-14-18-40,38-60-35-41-21-26-44(58-7)27-22-41)48-34-49(56)52(62-39-57-6)47-30-25-43(54(47,4)5)33-50(48)65-46-19-15-12-16-20-46/h11-24,26-29,33,47-48,50-52H,25,30-32,34-39H2,1-10H3/b43-33+/t47-,48-,50-,51-,52-,55-/m1/s1. The van der Waals surface area contributed by atoms with Crippen molar-refractivity contribution in [2.45, 2.75) is 126 Å².